The van der Waals surface area contributed by atoms with E-state index >= 15 is 0 Å². The fraction of sp³-hybridized carbons (Fsp3) is 0.217. The average molecular weight is 425 g/mol. The summed E-state index contributed by atoms with van der Waals surface area (Å²) in [6, 6.07) is 11.9. The lowest BCUT2D eigenvalue weighted by molar-refractivity contribution is 0.0690. The number of aromatic nitrogens is 2. The van der Waals surface area contributed by atoms with Crippen molar-refractivity contribution in [2.75, 3.05) is 0 Å². The quantitative estimate of drug-likeness (QED) is 0.565. The van der Waals surface area contributed by atoms with Crippen LogP contribution in [0.3, 0.4) is 0 Å². The van der Waals surface area contributed by atoms with Crippen molar-refractivity contribution < 1.29 is 23.5 Å². The van der Waals surface area contributed by atoms with Gasteiger partial charge in [0.1, 0.15) is 23.4 Å². The first-order chi connectivity index (χ1) is 14.8. The van der Waals surface area contributed by atoms with Gasteiger partial charge >= 0.3 is 5.97 Å². The van der Waals surface area contributed by atoms with E-state index in [0.717, 1.165) is 0 Å². The van der Waals surface area contributed by atoms with Gasteiger partial charge < -0.3 is 10.4 Å². The molecule has 31 heavy (non-hydrogen) atoms. The maximum atomic E-state index is 14.8. The highest BCUT2D eigenvalue weighted by Gasteiger charge is 2.16. The second-order valence-electron chi connectivity index (χ2n) is 7.10. The molecule has 0 saturated carbocycles. The van der Waals surface area contributed by atoms with Crippen molar-refractivity contribution in [2.24, 2.45) is 0 Å². The van der Waals surface area contributed by atoms with E-state index in [1.165, 1.54) is 30.5 Å². The Kier molecular flexibility index (Phi) is 7.02. The van der Waals surface area contributed by atoms with Crippen molar-refractivity contribution in [3.05, 3.63) is 94.3 Å². The number of aryl methyl sites for hydroxylation is 2. The van der Waals surface area contributed by atoms with E-state index < -0.39 is 23.9 Å². The van der Waals surface area contributed by atoms with Gasteiger partial charge in [-0.1, -0.05) is 18.2 Å². The first-order valence-corrected chi connectivity index (χ1v) is 9.65. The molecule has 2 aromatic heterocycles. The summed E-state index contributed by atoms with van der Waals surface area (Å²) in [5, 5.41) is 11.5. The van der Waals surface area contributed by atoms with E-state index in [-0.39, 0.29) is 24.4 Å². The smallest absolute Gasteiger partial charge is 0.354 e. The number of alkyl halides is 1. The normalized spacial score (nSPS) is 11.7. The van der Waals surface area contributed by atoms with Gasteiger partial charge in [0.05, 0.1) is 0 Å². The van der Waals surface area contributed by atoms with Gasteiger partial charge in [0.25, 0.3) is 5.91 Å². The lowest BCUT2D eigenvalue weighted by Crippen LogP contribution is -2.24. The summed E-state index contributed by atoms with van der Waals surface area (Å²) >= 11 is 0. The fourth-order valence-electron chi connectivity index (χ4n) is 3.07. The second kappa shape index (κ2) is 9.88. The number of hydrogen-bond acceptors (Lipinski definition) is 4. The van der Waals surface area contributed by atoms with Gasteiger partial charge in [0.2, 0.25) is 0 Å². The molecule has 0 radical (unpaired) electrons. The van der Waals surface area contributed by atoms with E-state index in [1.54, 1.807) is 31.2 Å². The first kappa shape index (κ1) is 22.0. The topological polar surface area (TPSA) is 92.2 Å². The highest BCUT2D eigenvalue weighted by Crippen LogP contribution is 2.24. The minimum atomic E-state index is -1.34. The lowest BCUT2D eigenvalue weighted by Gasteiger charge is -2.12. The Morgan fingerprint density at radius 1 is 1.10 bits per heavy atom. The van der Waals surface area contributed by atoms with Gasteiger partial charge in [-0.3, -0.25) is 4.79 Å². The fourth-order valence-corrected chi connectivity index (χ4v) is 3.07. The number of carbonyl (C=O) groups is 2. The molecule has 1 atom stereocenters. The monoisotopic (exact) mass is 425 g/mol. The Hall–Kier alpha value is -3.68. The number of nitrogens with zero attached hydrogens (tertiary/aromatic N) is 2. The SMILES string of the molecule is Cc1cc(C(F)CCc2ccc(C(=O)O)nc2)cc(C(=O)NCc2cccc(F)c2)n1. The van der Waals surface area contributed by atoms with E-state index in [9.17, 15) is 18.4 Å². The van der Waals surface area contributed by atoms with Crippen LogP contribution in [0, 0.1) is 12.7 Å². The van der Waals surface area contributed by atoms with Crippen molar-refractivity contribution >= 4 is 11.9 Å². The number of rotatable bonds is 8. The summed E-state index contributed by atoms with van der Waals surface area (Å²) in [5.41, 5.74) is 2.17. The molecule has 0 aliphatic rings. The highest BCUT2D eigenvalue weighted by atomic mass is 19.1. The molecule has 0 aliphatic heterocycles. The van der Waals surface area contributed by atoms with Gasteiger partial charge in [0, 0.05) is 18.4 Å². The van der Waals surface area contributed by atoms with E-state index in [4.69, 9.17) is 5.11 Å². The van der Waals surface area contributed by atoms with Gasteiger partial charge in [-0.05, 0) is 66.8 Å². The Bertz CT molecular complexity index is 1090. The van der Waals surface area contributed by atoms with Crippen LogP contribution in [0.2, 0.25) is 0 Å². The number of hydrogen-bond donors (Lipinski definition) is 2. The maximum absolute atomic E-state index is 14.8. The number of pyridine rings is 2. The van der Waals surface area contributed by atoms with Gasteiger partial charge in [-0.15, -0.1) is 0 Å². The predicted molar refractivity (Wildman–Crippen MR) is 110 cm³/mol. The maximum Gasteiger partial charge on any atom is 0.354 e. The molecule has 3 aromatic rings. The molecule has 2 N–H and O–H groups in total. The van der Waals surface area contributed by atoms with Crippen molar-refractivity contribution in [3.63, 3.8) is 0 Å². The third kappa shape index (κ3) is 6.15. The zero-order valence-corrected chi connectivity index (χ0v) is 16.8. The van der Waals surface area contributed by atoms with Crippen LogP contribution in [0.15, 0.2) is 54.7 Å². The molecule has 0 saturated heterocycles. The number of carboxylic acids is 1. The molecule has 3 rings (SSSR count). The molecular formula is C23H21F2N3O3. The number of carboxylic acid groups (broad SMARTS) is 1. The summed E-state index contributed by atoms with van der Waals surface area (Å²) in [6.07, 6.45) is 0.577. The number of carbonyl (C=O) groups excluding carboxylic acids is 1. The van der Waals surface area contributed by atoms with Gasteiger partial charge in [0.15, 0.2) is 0 Å². The summed E-state index contributed by atoms with van der Waals surface area (Å²) in [7, 11) is 0. The zero-order chi connectivity index (χ0) is 22.4. The lowest BCUT2D eigenvalue weighted by atomic mass is 10.0. The first-order valence-electron chi connectivity index (χ1n) is 9.65. The Labute approximate surface area is 178 Å². The molecule has 1 aromatic carbocycles. The number of nitrogens with one attached hydrogen (secondary N) is 1. The minimum absolute atomic E-state index is 0.0702. The van der Waals surface area contributed by atoms with E-state index in [0.29, 0.717) is 28.8 Å². The minimum Gasteiger partial charge on any atom is -0.477 e. The molecule has 1 amide bonds. The molecule has 0 aliphatic carbocycles. The van der Waals surface area contributed by atoms with Crippen molar-refractivity contribution in [1.29, 1.82) is 0 Å². The summed E-state index contributed by atoms with van der Waals surface area (Å²) in [5.74, 6) is -1.99. The summed E-state index contributed by atoms with van der Waals surface area (Å²) < 4.78 is 28.1. The molecule has 160 valence electrons. The van der Waals surface area contributed by atoms with Gasteiger partial charge in [-0.2, -0.15) is 0 Å². The van der Waals surface area contributed by atoms with Crippen molar-refractivity contribution in [1.82, 2.24) is 15.3 Å². The second-order valence-corrected chi connectivity index (χ2v) is 7.10. The third-order valence-electron chi connectivity index (χ3n) is 4.64. The molecule has 2 heterocycles. The predicted octanol–water partition coefficient (Wildman–Crippen LogP) is 4.20. The Morgan fingerprint density at radius 3 is 2.58 bits per heavy atom. The van der Waals surface area contributed by atoms with Gasteiger partial charge in [-0.25, -0.2) is 23.5 Å². The Morgan fingerprint density at radius 2 is 1.90 bits per heavy atom. The third-order valence-corrected chi connectivity index (χ3v) is 4.64. The zero-order valence-electron chi connectivity index (χ0n) is 16.8. The molecule has 0 spiro atoms. The standard InChI is InChI=1S/C23H21F2N3O3/c1-14-9-17(19(25)7-5-15-6-8-20(23(30)31)26-12-15)11-21(28-14)22(29)27-13-16-3-2-4-18(24)10-16/h2-4,6,8-12,19H,5,7,13H2,1H3,(H,27,29)(H,30,31). The van der Waals surface area contributed by atoms with Crippen molar-refractivity contribution in [2.45, 2.75) is 32.5 Å². The molecule has 0 fully saturated rings. The van der Waals surface area contributed by atoms with Crippen LogP contribution in [-0.4, -0.2) is 27.0 Å². The number of halogens is 2. The van der Waals surface area contributed by atoms with Crippen LogP contribution in [-0.2, 0) is 13.0 Å². The molecular weight excluding hydrogens is 404 g/mol. The van der Waals surface area contributed by atoms with Crippen LogP contribution in [0.25, 0.3) is 0 Å². The molecule has 0 bridgehead atoms. The van der Waals surface area contributed by atoms with E-state index in [1.807, 2.05) is 0 Å². The molecule has 1 unspecified atom stereocenters. The van der Waals surface area contributed by atoms with Crippen LogP contribution < -0.4 is 5.32 Å². The van der Waals surface area contributed by atoms with Crippen LogP contribution >= 0.6 is 0 Å². The summed E-state index contributed by atoms with van der Waals surface area (Å²) in [4.78, 5) is 31.3. The number of aromatic carboxylic acids is 1. The van der Waals surface area contributed by atoms with Crippen molar-refractivity contribution in [3.8, 4) is 0 Å². The van der Waals surface area contributed by atoms with Crippen LogP contribution in [0.5, 0.6) is 0 Å². The number of benzene rings is 1. The number of amides is 1. The Balaban J connectivity index is 1.63. The van der Waals surface area contributed by atoms with E-state index in [2.05, 4.69) is 15.3 Å². The average Bonchev–Trinajstić information content (AvgIpc) is 2.75. The highest BCUT2D eigenvalue weighted by molar-refractivity contribution is 5.92. The molecule has 8 heteroatoms. The summed E-state index contributed by atoms with van der Waals surface area (Å²) in [6.45, 7) is 1.80. The van der Waals surface area contributed by atoms with Crippen LogP contribution in [0.1, 0.15) is 56.0 Å². The molecule has 6 nitrogen and oxygen atoms in total. The van der Waals surface area contributed by atoms with Crippen LogP contribution in [0.4, 0.5) is 8.78 Å². The largest absolute Gasteiger partial charge is 0.477 e.